The van der Waals surface area contributed by atoms with Gasteiger partial charge < -0.3 is 12.0 Å². The van der Waals surface area contributed by atoms with E-state index in [0.29, 0.717) is 0 Å². The Morgan fingerprint density at radius 3 is 1.43 bits per heavy atom. The first-order chi connectivity index (χ1) is 2.00. The van der Waals surface area contributed by atoms with Gasteiger partial charge in [-0.05, 0) is 13.3 Å². The Morgan fingerprint density at radius 1 is 1.43 bits per heavy atom. The number of hydrogen-bond donors (Lipinski definition) is 0. The smallest absolute Gasteiger partial charge is 0.358 e. The summed E-state index contributed by atoms with van der Waals surface area (Å²) in [7, 11) is -1.89. The first-order valence-electron chi connectivity index (χ1n) is 1.39. The molecule has 1 radical (unpaired) electrons. The second-order valence-corrected chi connectivity index (χ2v) is 4.72. The molecule has 0 heterocycles. The molecule has 1 nitrogen and oxygen atoms in total. The maximum absolute atomic E-state index is 10.1. The van der Waals surface area contributed by atoms with Gasteiger partial charge in [0.15, 0.2) is 0 Å². The summed E-state index contributed by atoms with van der Waals surface area (Å²) in [5, 5.41) is 0. The molecule has 0 saturated heterocycles. The van der Waals surface area contributed by atoms with E-state index in [0.717, 1.165) is 0 Å². The van der Waals surface area contributed by atoms with E-state index in [1.54, 1.807) is 13.3 Å². The molecule has 0 aliphatic carbocycles. The van der Waals surface area contributed by atoms with Crippen molar-refractivity contribution in [2.24, 2.45) is 0 Å². The van der Waals surface area contributed by atoms with Crippen LogP contribution in [0.4, 0.5) is 0 Å². The van der Waals surface area contributed by atoms with Crippen molar-refractivity contribution in [2.75, 3.05) is 13.3 Å². The normalized spacial score (nSPS) is 8.43. The van der Waals surface area contributed by atoms with Gasteiger partial charge in [-0.25, -0.2) is 0 Å². The summed E-state index contributed by atoms with van der Waals surface area (Å²) in [6.45, 7) is 6.59. The molecule has 0 unspecified atom stereocenters. The summed E-state index contributed by atoms with van der Waals surface area (Å²) in [4.78, 5) is 0. The van der Waals surface area contributed by atoms with Crippen LogP contribution in [0.25, 0.3) is 0 Å². The molecule has 0 saturated carbocycles. The van der Waals surface area contributed by atoms with Gasteiger partial charge >= 0.3 is 18.6 Å². The van der Waals surface area contributed by atoms with Crippen LogP contribution in [0.2, 0.25) is 0 Å². The predicted molar refractivity (Wildman–Crippen MR) is 31.2 cm³/mol. The number of rotatable bonds is 0. The third-order valence-corrected chi connectivity index (χ3v) is 0. The largest absolute Gasteiger partial charge is 2.00 e. The summed E-state index contributed by atoms with van der Waals surface area (Å²) < 4.78 is 10.1. The van der Waals surface area contributed by atoms with Crippen LogP contribution in [0.1, 0.15) is 0 Å². The molecule has 0 atom stereocenters. The molecular weight excluding hydrogens is 146 g/mol. The molecule has 7 heavy (non-hydrogen) atoms. The fraction of sp³-hybridized carbons (Fsp3) is 0.500. The van der Waals surface area contributed by atoms with Crippen molar-refractivity contribution in [2.45, 2.75) is 0 Å². The fourth-order valence-electron chi connectivity index (χ4n) is 0. The maximum atomic E-state index is 10.1. The van der Waals surface area contributed by atoms with E-state index in [-0.39, 0.29) is 26.0 Å². The quantitative estimate of drug-likeness (QED) is 0.387. The molecule has 0 aromatic rings. The van der Waals surface area contributed by atoms with Crippen molar-refractivity contribution in [1.82, 2.24) is 0 Å². The van der Waals surface area contributed by atoms with Gasteiger partial charge in [0.25, 0.3) is 0 Å². The van der Waals surface area contributed by atoms with Crippen molar-refractivity contribution in [1.29, 1.82) is 0 Å². The molecule has 0 aromatic carbocycles. The molecule has 0 aliphatic heterocycles. The Kier molecular flexibility index (Phi) is 11.1. The first kappa shape index (κ1) is 15.7. The Balaban J connectivity index is -0.0000000800. The van der Waals surface area contributed by atoms with Gasteiger partial charge in [0.2, 0.25) is 0 Å². The van der Waals surface area contributed by atoms with Crippen LogP contribution in [-0.2, 0) is 23.1 Å². The second-order valence-electron chi connectivity index (χ2n) is 1.57. The molecular formula is C4H11OPV. The van der Waals surface area contributed by atoms with Gasteiger partial charge in [-0.15, -0.1) is 0 Å². The summed E-state index contributed by atoms with van der Waals surface area (Å²) in [6.07, 6.45) is 0. The Bertz CT molecular complexity index is 57.8. The van der Waals surface area contributed by atoms with E-state index in [1.165, 1.54) is 0 Å². The monoisotopic (exact) mass is 157 g/mol. The van der Waals surface area contributed by atoms with E-state index in [2.05, 4.69) is 6.66 Å². The molecule has 0 bridgehead atoms. The predicted octanol–water partition coefficient (Wildman–Crippen LogP) is 1.85. The van der Waals surface area contributed by atoms with E-state index < -0.39 is 7.14 Å². The van der Waals surface area contributed by atoms with E-state index in [4.69, 9.17) is 0 Å². The Hall–Kier alpha value is 0.814. The van der Waals surface area contributed by atoms with E-state index in [1.807, 2.05) is 0 Å². The minimum atomic E-state index is -1.89. The van der Waals surface area contributed by atoms with Crippen molar-refractivity contribution in [3.8, 4) is 0 Å². The molecule has 43 valence electrons. The standard InChI is InChI=1S/C3H8OP.CH3.V/c1-5(2,3)4;;/h1H2,2-3H3;1H3;/q2*-1;+2. The molecule has 3 heteroatoms. The van der Waals surface area contributed by atoms with Gasteiger partial charge in [0, 0.05) is 0 Å². The zero-order chi connectivity index (χ0) is 4.50. The van der Waals surface area contributed by atoms with Crippen LogP contribution < -0.4 is 0 Å². The van der Waals surface area contributed by atoms with Crippen molar-refractivity contribution in [3.63, 3.8) is 0 Å². The van der Waals surface area contributed by atoms with E-state index >= 15 is 0 Å². The third kappa shape index (κ3) is 238. The topological polar surface area (TPSA) is 17.1 Å². The van der Waals surface area contributed by atoms with Gasteiger partial charge in [-0.1, -0.05) is 7.14 Å². The molecule has 0 spiro atoms. The van der Waals surface area contributed by atoms with Crippen LogP contribution in [0.3, 0.4) is 0 Å². The first-order valence-corrected chi connectivity index (χ1v) is 4.18. The maximum Gasteiger partial charge on any atom is 2.00 e. The zero-order valence-electron chi connectivity index (χ0n) is 5.01. The van der Waals surface area contributed by atoms with Gasteiger partial charge in [0.1, 0.15) is 0 Å². The average molecular weight is 157 g/mol. The molecule has 0 N–H and O–H groups in total. The summed E-state index contributed by atoms with van der Waals surface area (Å²) in [5.41, 5.74) is 0. The molecule has 0 aromatic heterocycles. The number of hydrogen-bond acceptors (Lipinski definition) is 1. The SMILES string of the molecule is [CH2-]P(C)(C)=O.[CH3-].[V+2]. The summed E-state index contributed by atoms with van der Waals surface area (Å²) >= 11 is 0. The average Bonchev–Trinajstić information content (AvgIpc) is 0.722. The minimum absolute atomic E-state index is 0. The zero-order valence-corrected chi connectivity index (χ0v) is 7.30. The van der Waals surface area contributed by atoms with Gasteiger partial charge in [-0.2, -0.15) is 0 Å². The van der Waals surface area contributed by atoms with Gasteiger partial charge in [0.05, 0.1) is 0 Å². The summed E-state index contributed by atoms with van der Waals surface area (Å²) in [5.74, 6) is 0. The molecule has 0 amide bonds. The van der Waals surface area contributed by atoms with Crippen molar-refractivity contribution in [3.05, 3.63) is 14.1 Å². The van der Waals surface area contributed by atoms with Crippen LogP contribution in [0.5, 0.6) is 0 Å². The van der Waals surface area contributed by atoms with Crippen LogP contribution in [0, 0.1) is 14.1 Å². The van der Waals surface area contributed by atoms with E-state index in [9.17, 15) is 4.57 Å². The van der Waals surface area contributed by atoms with Crippen LogP contribution in [0.15, 0.2) is 0 Å². The second kappa shape index (κ2) is 4.96. The van der Waals surface area contributed by atoms with Crippen molar-refractivity contribution >= 4 is 7.14 Å². The minimum Gasteiger partial charge on any atom is -0.358 e. The molecule has 0 rings (SSSR count). The fourth-order valence-corrected chi connectivity index (χ4v) is 0. The van der Waals surface area contributed by atoms with Crippen LogP contribution >= 0.6 is 7.14 Å². The summed E-state index contributed by atoms with van der Waals surface area (Å²) in [6, 6.07) is 0. The van der Waals surface area contributed by atoms with Crippen LogP contribution in [-0.4, -0.2) is 13.3 Å². The van der Waals surface area contributed by atoms with Gasteiger partial charge in [-0.3, -0.25) is 6.66 Å². The van der Waals surface area contributed by atoms with Crippen molar-refractivity contribution < 1.29 is 23.1 Å². The Labute approximate surface area is 58.1 Å². The molecule has 0 fully saturated rings. The molecule has 0 aliphatic rings. The third-order valence-electron chi connectivity index (χ3n) is 0. The Morgan fingerprint density at radius 2 is 1.43 bits per heavy atom.